The van der Waals surface area contributed by atoms with Crippen LogP contribution in [0.5, 0.6) is 0 Å². The van der Waals surface area contributed by atoms with Gasteiger partial charge in [-0.2, -0.15) is 0 Å². The Bertz CT molecular complexity index is 643. The maximum atomic E-state index is 12.0. The molecule has 4 nitrogen and oxygen atoms in total. The number of carboxylic acids is 1. The molecule has 0 fully saturated rings. The molecule has 0 aliphatic carbocycles. The van der Waals surface area contributed by atoms with Gasteiger partial charge in [-0.1, -0.05) is 24.3 Å². The van der Waals surface area contributed by atoms with Gasteiger partial charge in [-0.15, -0.1) is 0 Å². The summed E-state index contributed by atoms with van der Waals surface area (Å²) >= 11 is 0. The van der Waals surface area contributed by atoms with Crippen molar-refractivity contribution in [3.8, 4) is 0 Å². The van der Waals surface area contributed by atoms with Gasteiger partial charge in [-0.05, 0) is 17.5 Å². The Balaban J connectivity index is 2.27. The number of carboxylic acid groups (broad SMARTS) is 1. The first-order valence-electron chi connectivity index (χ1n) is 5.22. The molecule has 0 saturated carbocycles. The van der Waals surface area contributed by atoms with Crippen LogP contribution in [0.15, 0.2) is 36.4 Å². The summed E-state index contributed by atoms with van der Waals surface area (Å²) < 4.78 is 0. The van der Waals surface area contributed by atoms with Gasteiger partial charge >= 0.3 is 0 Å². The summed E-state index contributed by atoms with van der Waals surface area (Å²) in [5, 5.41) is 12.4. The highest BCUT2D eigenvalue weighted by Crippen LogP contribution is 2.36. The number of benzene rings is 2. The van der Waals surface area contributed by atoms with Crippen molar-refractivity contribution in [2.75, 3.05) is 11.4 Å². The van der Waals surface area contributed by atoms with Crippen molar-refractivity contribution in [2.24, 2.45) is 0 Å². The maximum Gasteiger partial charge on any atom is 0.259 e. The van der Waals surface area contributed by atoms with Crippen LogP contribution in [0, 0.1) is 0 Å². The van der Waals surface area contributed by atoms with Crippen LogP contribution in [-0.2, 0) is 4.79 Å². The Morgan fingerprint density at radius 3 is 2.59 bits per heavy atom. The van der Waals surface area contributed by atoms with E-state index in [9.17, 15) is 14.7 Å². The van der Waals surface area contributed by atoms with Crippen LogP contribution >= 0.6 is 0 Å². The Kier molecular flexibility index (Phi) is 1.92. The lowest BCUT2D eigenvalue weighted by Crippen LogP contribution is -2.39. The van der Waals surface area contributed by atoms with Crippen molar-refractivity contribution in [3.05, 3.63) is 42.0 Å². The summed E-state index contributed by atoms with van der Waals surface area (Å²) in [6.45, 7) is -0.410. The van der Waals surface area contributed by atoms with Crippen LogP contribution in [0.1, 0.15) is 10.4 Å². The number of rotatable bonds is 2. The van der Waals surface area contributed by atoms with Gasteiger partial charge in [0.25, 0.3) is 5.91 Å². The van der Waals surface area contributed by atoms with Crippen molar-refractivity contribution in [3.63, 3.8) is 0 Å². The molecule has 3 rings (SSSR count). The lowest BCUT2D eigenvalue weighted by Gasteiger charge is -2.17. The second-order valence-corrected chi connectivity index (χ2v) is 3.94. The molecule has 1 aliphatic heterocycles. The Morgan fingerprint density at radius 1 is 1.18 bits per heavy atom. The van der Waals surface area contributed by atoms with Crippen LogP contribution in [-0.4, -0.2) is 18.4 Å². The Labute approximate surface area is 97.1 Å². The van der Waals surface area contributed by atoms with Gasteiger partial charge in [-0.3, -0.25) is 4.79 Å². The topological polar surface area (TPSA) is 60.4 Å². The second-order valence-electron chi connectivity index (χ2n) is 3.94. The number of carbonyl (C=O) groups excluding carboxylic acids is 2. The summed E-state index contributed by atoms with van der Waals surface area (Å²) in [5.41, 5.74) is 1.20. The highest BCUT2D eigenvalue weighted by Gasteiger charge is 2.29. The van der Waals surface area contributed by atoms with Crippen LogP contribution in [0.25, 0.3) is 10.8 Å². The average molecular weight is 226 g/mol. The minimum atomic E-state index is -1.26. The molecular weight excluding hydrogens is 218 g/mol. The van der Waals surface area contributed by atoms with E-state index in [0.29, 0.717) is 11.3 Å². The maximum absolute atomic E-state index is 12.0. The molecule has 1 aliphatic rings. The highest BCUT2D eigenvalue weighted by atomic mass is 16.4. The fourth-order valence-electron chi connectivity index (χ4n) is 2.27. The first-order chi connectivity index (χ1) is 8.18. The third kappa shape index (κ3) is 1.30. The summed E-state index contributed by atoms with van der Waals surface area (Å²) in [4.78, 5) is 24.0. The molecule has 1 heterocycles. The number of carbonyl (C=O) groups is 2. The normalized spacial score (nSPS) is 13.4. The fraction of sp³-hybridized carbons (Fsp3) is 0.0769. The average Bonchev–Trinajstić information content (AvgIpc) is 2.57. The first-order valence-corrected chi connectivity index (χ1v) is 5.22. The predicted octanol–water partition coefficient (Wildman–Crippen LogP) is 0.550. The van der Waals surface area contributed by atoms with Gasteiger partial charge in [0.05, 0.1) is 18.2 Å². The zero-order valence-corrected chi connectivity index (χ0v) is 8.84. The van der Waals surface area contributed by atoms with Gasteiger partial charge in [-0.25, -0.2) is 0 Å². The third-order valence-electron chi connectivity index (χ3n) is 2.94. The lowest BCUT2D eigenvalue weighted by atomic mass is 10.1. The number of nitrogens with zero attached hydrogens (tertiary/aromatic N) is 1. The largest absolute Gasteiger partial charge is 0.548 e. The molecule has 0 atom stereocenters. The zero-order valence-electron chi connectivity index (χ0n) is 8.84. The molecule has 4 heteroatoms. The van der Waals surface area contributed by atoms with Crippen LogP contribution in [0.2, 0.25) is 0 Å². The lowest BCUT2D eigenvalue weighted by molar-refractivity contribution is -0.303. The minimum Gasteiger partial charge on any atom is -0.548 e. The molecular formula is C13H8NO3-. The molecule has 2 aromatic rings. The van der Waals surface area contributed by atoms with E-state index in [-0.39, 0.29) is 5.91 Å². The molecule has 1 amide bonds. The molecule has 0 bridgehead atoms. The predicted molar refractivity (Wildman–Crippen MR) is 60.6 cm³/mol. The molecule has 0 aromatic heterocycles. The van der Waals surface area contributed by atoms with E-state index in [1.807, 2.05) is 18.2 Å². The molecule has 0 saturated heterocycles. The highest BCUT2D eigenvalue weighted by molar-refractivity contribution is 6.25. The number of amides is 1. The van der Waals surface area contributed by atoms with E-state index < -0.39 is 12.5 Å². The summed E-state index contributed by atoms with van der Waals surface area (Å²) in [7, 11) is 0. The fourth-order valence-corrected chi connectivity index (χ4v) is 2.27. The molecule has 0 unspecified atom stereocenters. The number of hydrogen-bond acceptors (Lipinski definition) is 3. The van der Waals surface area contributed by atoms with Crippen LogP contribution < -0.4 is 10.0 Å². The van der Waals surface area contributed by atoms with E-state index in [1.54, 1.807) is 18.2 Å². The summed E-state index contributed by atoms with van der Waals surface area (Å²) in [6, 6.07) is 10.9. The number of aliphatic carboxylic acids is 1. The molecule has 17 heavy (non-hydrogen) atoms. The van der Waals surface area contributed by atoms with E-state index >= 15 is 0 Å². The van der Waals surface area contributed by atoms with E-state index in [1.165, 1.54) is 4.90 Å². The van der Waals surface area contributed by atoms with Crippen molar-refractivity contribution in [1.82, 2.24) is 0 Å². The van der Waals surface area contributed by atoms with Crippen molar-refractivity contribution >= 4 is 28.3 Å². The van der Waals surface area contributed by atoms with Crippen LogP contribution in [0.3, 0.4) is 0 Å². The van der Waals surface area contributed by atoms with Crippen LogP contribution in [0.4, 0.5) is 5.69 Å². The first kappa shape index (κ1) is 9.84. The van der Waals surface area contributed by atoms with E-state index in [4.69, 9.17) is 0 Å². The molecule has 0 N–H and O–H groups in total. The van der Waals surface area contributed by atoms with Gasteiger partial charge in [0.2, 0.25) is 0 Å². The van der Waals surface area contributed by atoms with Crippen molar-refractivity contribution < 1.29 is 14.7 Å². The van der Waals surface area contributed by atoms with Gasteiger partial charge < -0.3 is 14.8 Å². The van der Waals surface area contributed by atoms with Gasteiger partial charge in [0, 0.05) is 10.9 Å². The third-order valence-corrected chi connectivity index (χ3v) is 2.94. The quantitative estimate of drug-likeness (QED) is 0.751. The monoisotopic (exact) mass is 226 g/mol. The summed E-state index contributed by atoms with van der Waals surface area (Å²) in [6.07, 6.45) is 0. The zero-order chi connectivity index (χ0) is 12.0. The van der Waals surface area contributed by atoms with Gasteiger partial charge in [0.15, 0.2) is 0 Å². The van der Waals surface area contributed by atoms with Crippen molar-refractivity contribution in [1.29, 1.82) is 0 Å². The van der Waals surface area contributed by atoms with Crippen molar-refractivity contribution in [2.45, 2.75) is 0 Å². The molecule has 2 aromatic carbocycles. The number of hydrogen-bond donors (Lipinski definition) is 0. The smallest absolute Gasteiger partial charge is 0.259 e. The van der Waals surface area contributed by atoms with E-state index in [0.717, 1.165) is 10.8 Å². The second kappa shape index (κ2) is 3.31. The summed E-state index contributed by atoms with van der Waals surface area (Å²) in [5.74, 6) is -1.54. The Morgan fingerprint density at radius 2 is 1.88 bits per heavy atom. The standard InChI is InChI=1S/C13H9NO3/c15-11(16)7-14-10-6-2-4-8-3-1-5-9(12(8)10)13(14)17/h1-6H,7H2,(H,15,16)/p-1. The number of anilines is 1. The van der Waals surface area contributed by atoms with Gasteiger partial charge in [0.1, 0.15) is 0 Å². The minimum absolute atomic E-state index is 0.277. The SMILES string of the molecule is O=C([O-])CN1C(=O)c2cccc3cccc1c23. The van der Waals surface area contributed by atoms with E-state index in [2.05, 4.69) is 0 Å². The molecule has 0 radical (unpaired) electrons. The molecule has 84 valence electrons. The molecule has 0 spiro atoms. The Hall–Kier alpha value is -2.36.